The molecule has 17 heavy (non-hydrogen) atoms. The number of nitrogens with two attached hydrogens (primary N) is 1. The van der Waals surface area contributed by atoms with E-state index in [2.05, 4.69) is 48.5 Å². The molecule has 0 atom stereocenters. The van der Waals surface area contributed by atoms with Crippen LogP contribution in [0.2, 0.25) is 0 Å². The predicted molar refractivity (Wildman–Crippen MR) is 71.7 cm³/mol. The molecule has 0 heterocycles. The van der Waals surface area contributed by atoms with Crippen LogP contribution in [0.15, 0.2) is 54.6 Å². The molecule has 2 N–H and O–H groups in total. The third-order valence-electron chi connectivity index (χ3n) is 3.48. The van der Waals surface area contributed by atoms with Gasteiger partial charge >= 0.3 is 0 Å². The molecule has 0 radical (unpaired) electrons. The minimum atomic E-state index is 0.0926. The van der Waals surface area contributed by atoms with Gasteiger partial charge in [-0.25, -0.2) is 0 Å². The van der Waals surface area contributed by atoms with Gasteiger partial charge in [-0.15, -0.1) is 0 Å². The lowest BCUT2D eigenvalue weighted by atomic mass is 9.99. The van der Waals surface area contributed by atoms with E-state index in [0.29, 0.717) is 0 Å². The molecule has 3 rings (SSSR count). The van der Waals surface area contributed by atoms with Crippen LogP contribution in [-0.4, -0.2) is 5.54 Å². The van der Waals surface area contributed by atoms with Gasteiger partial charge in [0.1, 0.15) is 0 Å². The van der Waals surface area contributed by atoms with E-state index in [1.54, 1.807) is 0 Å². The first-order valence-corrected chi connectivity index (χ1v) is 6.18. The first-order chi connectivity index (χ1) is 8.25. The highest BCUT2D eigenvalue weighted by Crippen LogP contribution is 2.36. The Morgan fingerprint density at radius 2 is 1.59 bits per heavy atom. The van der Waals surface area contributed by atoms with Crippen molar-refractivity contribution in [1.29, 1.82) is 0 Å². The maximum Gasteiger partial charge on any atom is 0.0196 e. The van der Waals surface area contributed by atoms with Crippen LogP contribution in [0.25, 0.3) is 11.1 Å². The van der Waals surface area contributed by atoms with E-state index in [1.807, 2.05) is 6.07 Å². The molecular formula is C16H17N. The summed E-state index contributed by atoms with van der Waals surface area (Å²) >= 11 is 0. The number of benzene rings is 2. The molecule has 1 aliphatic rings. The standard InChI is InChI=1S/C16H17N/c17-16(9-10-16)12-13-5-4-8-15(11-13)14-6-2-1-3-7-14/h1-8,11H,9-10,12,17H2. The van der Waals surface area contributed by atoms with Crippen molar-refractivity contribution in [2.75, 3.05) is 0 Å². The van der Waals surface area contributed by atoms with E-state index >= 15 is 0 Å². The zero-order chi connectivity index (χ0) is 11.7. The van der Waals surface area contributed by atoms with Crippen LogP contribution in [0.4, 0.5) is 0 Å². The summed E-state index contributed by atoms with van der Waals surface area (Å²) in [7, 11) is 0. The van der Waals surface area contributed by atoms with Crippen molar-refractivity contribution in [1.82, 2.24) is 0 Å². The Balaban J connectivity index is 1.89. The van der Waals surface area contributed by atoms with Crippen LogP contribution < -0.4 is 5.73 Å². The van der Waals surface area contributed by atoms with Gasteiger partial charge in [-0.05, 0) is 36.0 Å². The maximum atomic E-state index is 6.17. The number of hydrogen-bond acceptors (Lipinski definition) is 1. The van der Waals surface area contributed by atoms with Gasteiger partial charge in [-0.1, -0.05) is 54.6 Å². The lowest BCUT2D eigenvalue weighted by molar-refractivity contribution is 0.672. The van der Waals surface area contributed by atoms with E-state index in [9.17, 15) is 0 Å². The van der Waals surface area contributed by atoms with Crippen LogP contribution in [-0.2, 0) is 6.42 Å². The van der Waals surface area contributed by atoms with Crippen LogP contribution in [0.3, 0.4) is 0 Å². The zero-order valence-corrected chi connectivity index (χ0v) is 9.89. The van der Waals surface area contributed by atoms with E-state index < -0.39 is 0 Å². The fraction of sp³-hybridized carbons (Fsp3) is 0.250. The largest absolute Gasteiger partial charge is 0.325 e. The Bertz CT molecular complexity index is 512. The molecule has 1 aliphatic carbocycles. The highest BCUT2D eigenvalue weighted by molar-refractivity contribution is 5.64. The van der Waals surface area contributed by atoms with Gasteiger partial charge in [0.05, 0.1) is 0 Å². The first-order valence-electron chi connectivity index (χ1n) is 6.18. The molecule has 0 amide bonds. The Morgan fingerprint density at radius 1 is 0.882 bits per heavy atom. The summed E-state index contributed by atoms with van der Waals surface area (Å²) < 4.78 is 0. The van der Waals surface area contributed by atoms with Crippen LogP contribution in [0.1, 0.15) is 18.4 Å². The van der Waals surface area contributed by atoms with Gasteiger partial charge in [0.25, 0.3) is 0 Å². The van der Waals surface area contributed by atoms with Gasteiger partial charge in [0, 0.05) is 5.54 Å². The van der Waals surface area contributed by atoms with Gasteiger partial charge in [0.15, 0.2) is 0 Å². The van der Waals surface area contributed by atoms with Gasteiger partial charge in [-0.3, -0.25) is 0 Å². The van der Waals surface area contributed by atoms with Crippen molar-refractivity contribution < 1.29 is 0 Å². The van der Waals surface area contributed by atoms with Gasteiger partial charge < -0.3 is 5.73 Å². The lowest BCUT2D eigenvalue weighted by Crippen LogP contribution is -2.24. The Morgan fingerprint density at radius 3 is 2.29 bits per heavy atom. The fourth-order valence-corrected chi connectivity index (χ4v) is 2.24. The van der Waals surface area contributed by atoms with E-state index in [1.165, 1.54) is 29.5 Å². The minimum Gasteiger partial charge on any atom is -0.325 e. The maximum absolute atomic E-state index is 6.17. The third-order valence-corrected chi connectivity index (χ3v) is 3.48. The van der Waals surface area contributed by atoms with Crippen molar-refractivity contribution in [3.05, 3.63) is 60.2 Å². The Kier molecular flexibility index (Phi) is 2.49. The summed E-state index contributed by atoms with van der Waals surface area (Å²) in [4.78, 5) is 0. The minimum absolute atomic E-state index is 0.0926. The van der Waals surface area contributed by atoms with Crippen molar-refractivity contribution in [2.24, 2.45) is 5.73 Å². The molecule has 0 aliphatic heterocycles. The summed E-state index contributed by atoms with van der Waals surface area (Å²) in [5, 5.41) is 0. The average Bonchev–Trinajstić information content (AvgIpc) is 3.08. The van der Waals surface area contributed by atoms with Gasteiger partial charge in [0.2, 0.25) is 0 Å². The van der Waals surface area contributed by atoms with Crippen molar-refractivity contribution in [3.63, 3.8) is 0 Å². The molecule has 0 bridgehead atoms. The predicted octanol–water partition coefficient (Wildman–Crippen LogP) is 3.39. The van der Waals surface area contributed by atoms with Crippen LogP contribution in [0, 0.1) is 0 Å². The molecule has 1 heteroatoms. The molecule has 0 unspecified atom stereocenters. The van der Waals surface area contributed by atoms with E-state index in [4.69, 9.17) is 5.73 Å². The molecule has 1 nitrogen and oxygen atoms in total. The zero-order valence-electron chi connectivity index (χ0n) is 9.89. The molecule has 86 valence electrons. The number of hydrogen-bond donors (Lipinski definition) is 1. The number of rotatable bonds is 3. The second kappa shape index (κ2) is 4.01. The normalized spacial score (nSPS) is 16.8. The lowest BCUT2D eigenvalue weighted by Gasteiger charge is -2.10. The van der Waals surface area contributed by atoms with Crippen LogP contribution in [0.5, 0.6) is 0 Å². The molecule has 0 spiro atoms. The smallest absolute Gasteiger partial charge is 0.0196 e. The monoisotopic (exact) mass is 223 g/mol. The quantitative estimate of drug-likeness (QED) is 0.848. The highest BCUT2D eigenvalue weighted by Gasteiger charge is 2.37. The van der Waals surface area contributed by atoms with Crippen molar-refractivity contribution in [2.45, 2.75) is 24.8 Å². The molecule has 2 aromatic carbocycles. The summed E-state index contributed by atoms with van der Waals surface area (Å²) in [6.07, 6.45) is 3.35. The Labute approximate surface area is 102 Å². The third kappa shape index (κ3) is 2.40. The second-order valence-corrected chi connectivity index (χ2v) is 5.11. The molecule has 1 saturated carbocycles. The SMILES string of the molecule is NC1(Cc2cccc(-c3ccccc3)c2)CC1. The first kappa shape index (κ1) is 10.5. The van der Waals surface area contributed by atoms with Gasteiger partial charge in [-0.2, -0.15) is 0 Å². The van der Waals surface area contributed by atoms with E-state index in [0.717, 1.165) is 6.42 Å². The van der Waals surface area contributed by atoms with Crippen LogP contribution >= 0.6 is 0 Å². The summed E-state index contributed by atoms with van der Waals surface area (Å²) in [5.41, 5.74) is 10.2. The summed E-state index contributed by atoms with van der Waals surface area (Å²) in [5.74, 6) is 0. The average molecular weight is 223 g/mol. The highest BCUT2D eigenvalue weighted by atomic mass is 14.8. The Hall–Kier alpha value is -1.60. The van der Waals surface area contributed by atoms with Crippen molar-refractivity contribution in [3.8, 4) is 11.1 Å². The second-order valence-electron chi connectivity index (χ2n) is 5.11. The summed E-state index contributed by atoms with van der Waals surface area (Å²) in [6, 6.07) is 19.2. The molecular weight excluding hydrogens is 206 g/mol. The van der Waals surface area contributed by atoms with Crippen molar-refractivity contribution >= 4 is 0 Å². The van der Waals surface area contributed by atoms with E-state index in [-0.39, 0.29) is 5.54 Å². The topological polar surface area (TPSA) is 26.0 Å². The molecule has 1 fully saturated rings. The molecule has 0 saturated heterocycles. The summed E-state index contributed by atoms with van der Waals surface area (Å²) in [6.45, 7) is 0. The molecule has 2 aromatic rings. The fourth-order valence-electron chi connectivity index (χ4n) is 2.24. The molecule has 0 aromatic heterocycles.